The first-order valence-electron chi connectivity index (χ1n) is 7.99. The van der Waals surface area contributed by atoms with Crippen molar-refractivity contribution in [1.82, 2.24) is 9.80 Å². The smallest absolute Gasteiger partial charge is 0.209 e. The summed E-state index contributed by atoms with van der Waals surface area (Å²) in [5.74, 6) is 0. The summed E-state index contributed by atoms with van der Waals surface area (Å²) >= 11 is 5.50. The Balaban J connectivity index is 1.92. The van der Waals surface area contributed by atoms with Gasteiger partial charge in [-0.05, 0) is 49.2 Å². The lowest BCUT2D eigenvalue weighted by molar-refractivity contribution is -0.119. The summed E-state index contributed by atoms with van der Waals surface area (Å²) in [4.78, 5) is 14.6. The van der Waals surface area contributed by atoms with E-state index in [9.17, 15) is 4.79 Å². The first-order chi connectivity index (χ1) is 10.6. The number of carbonyl (C=O) groups is 1. The van der Waals surface area contributed by atoms with Crippen LogP contribution in [0.1, 0.15) is 30.9 Å². The van der Waals surface area contributed by atoms with Gasteiger partial charge < -0.3 is 15.1 Å². The number of thiocarbonyl (C=S) groups is 1. The average Bonchev–Trinajstić information content (AvgIpc) is 2.55. The number of nitrogens with one attached hydrogen (secondary N) is 1. The highest BCUT2D eigenvalue weighted by atomic mass is 32.1. The van der Waals surface area contributed by atoms with Gasteiger partial charge in [-0.1, -0.05) is 25.5 Å². The highest BCUT2D eigenvalue weighted by Gasteiger charge is 2.17. The summed E-state index contributed by atoms with van der Waals surface area (Å²) < 4.78 is 0. The van der Waals surface area contributed by atoms with Crippen LogP contribution in [-0.4, -0.2) is 47.5 Å². The normalized spacial score (nSPS) is 14.8. The van der Waals surface area contributed by atoms with Crippen LogP contribution in [0.25, 0.3) is 0 Å². The molecule has 1 fully saturated rings. The Morgan fingerprint density at radius 1 is 1.32 bits per heavy atom. The molecule has 1 saturated heterocycles. The van der Waals surface area contributed by atoms with Crippen LogP contribution in [0.2, 0.25) is 0 Å². The third kappa shape index (κ3) is 4.44. The van der Waals surface area contributed by atoms with Crippen LogP contribution in [0.4, 0.5) is 5.69 Å². The van der Waals surface area contributed by atoms with Gasteiger partial charge in [0.15, 0.2) is 5.11 Å². The second-order valence-corrected chi connectivity index (χ2v) is 6.20. The van der Waals surface area contributed by atoms with Gasteiger partial charge in [0, 0.05) is 31.9 Å². The van der Waals surface area contributed by atoms with Crippen LogP contribution < -0.4 is 5.32 Å². The molecule has 1 aromatic rings. The zero-order chi connectivity index (χ0) is 15.9. The van der Waals surface area contributed by atoms with Crippen LogP contribution in [0.15, 0.2) is 18.2 Å². The fourth-order valence-electron chi connectivity index (χ4n) is 2.63. The van der Waals surface area contributed by atoms with E-state index in [1.807, 2.05) is 0 Å². The Hall–Kier alpha value is -1.62. The molecule has 0 spiro atoms. The van der Waals surface area contributed by atoms with Crippen LogP contribution in [0.3, 0.4) is 0 Å². The Labute approximate surface area is 138 Å². The fraction of sp³-hybridized carbons (Fsp3) is 0.529. The molecule has 0 saturated carbocycles. The molecule has 0 radical (unpaired) electrons. The first-order valence-corrected chi connectivity index (χ1v) is 8.39. The summed E-state index contributed by atoms with van der Waals surface area (Å²) in [5, 5.41) is 4.09. The molecule has 4 nitrogen and oxygen atoms in total. The summed E-state index contributed by atoms with van der Waals surface area (Å²) in [6.07, 6.45) is 4.49. The molecule has 1 aliphatic heterocycles. The number of unbranched alkanes of at least 4 members (excludes halogenated alkanes) is 1. The van der Waals surface area contributed by atoms with Gasteiger partial charge in [0.25, 0.3) is 0 Å². The molecule has 1 aliphatic rings. The van der Waals surface area contributed by atoms with Crippen molar-refractivity contribution in [3.63, 3.8) is 0 Å². The number of piperazine rings is 1. The number of hydrogen-bond acceptors (Lipinski definition) is 2. The number of rotatable bonds is 5. The molecule has 0 atom stereocenters. The van der Waals surface area contributed by atoms with E-state index in [0.717, 1.165) is 49.8 Å². The number of anilines is 1. The predicted octanol–water partition coefficient (Wildman–Crippen LogP) is 2.81. The van der Waals surface area contributed by atoms with E-state index in [1.54, 1.807) is 4.90 Å². The molecule has 22 heavy (non-hydrogen) atoms. The number of nitrogens with zero attached hydrogens (tertiary/aromatic N) is 2. The molecule has 5 heteroatoms. The van der Waals surface area contributed by atoms with Crippen LogP contribution in [0.5, 0.6) is 0 Å². The van der Waals surface area contributed by atoms with Crippen LogP contribution >= 0.6 is 12.2 Å². The van der Waals surface area contributed by atoms with Gasteiger partial charge in [-0.2, -0.15) is 0 Å². The van der Waals surface area contributed by atoms with Crippen LogP contribution in [0, 0.1) is 6.92 Å². The molecular weight excluding hydrogens is 294 g/mol. The molecule has 0 aliphatic carbocycles. The first kappa shape index (κ1) is 16.7. The summed E-state index contributed by atoms with van der Waals surface area (Å²) in [6.45, 7) is 7.38. The molecule has 2 rings (SSSR count). The minimum Gasteiger partial charge on any atom is -0.345 e. The number of benzene rings is 1. The fourth-order valence-corrected chi connectivity index (χ4v) is 2.92. The quantitative estimate of drug-likeness (QED) is 0.669. The zero-order valence-corrected chi connectivity index (χ0v) is 14.3. The number of amides is 1. The van der Waals surface area contributed by atoms with Crippen molar-refractivity contribution >= 4 is 29.4 Å². The average molecular weight is 319 g/mol. The molecule has 0 bridgehead atoms. The monoisotopic (exact) mass is 319 g/mol. The highest BCUT2D eigenvalue weighted by Crippen LogP contribution is 2.18. The van der Waals surface area contributed by atoms with E-state index in [2.05, 4.69) is 42.3 Å². The minimum atomic E-state index is 0.736. The van der Waals surface area contributed by atoms with Gasteiger partial charge in [-0.3, -0.25) is 4.79 Å². The molecule has 1 aromatic carbocycles. The number of carbonyl (C=O) groups excluding carboxylic acids is 1. The third-order valence-electron chi connectivity index (χ3n) is 4.10. The lowest BCUT2D eigenvalue weighted by Gasteiger charge is -2.34. The largest absolute Gasteiger partial charge is 0.345 e. The standard InChI is InChI=1S/C17H25N3OS/c1-3-4-5-15-6-7-16(14(2)12-15)18-17(22)20-10-8-19(13-21)9-11-20/h6-7,12-13H,3-5,8-11H2,1-2H3,(H,18,22). The Morgan fingerprint density at radius 2 is 2.05 bits per heavy atom. The maximum absolute atomic E-state index is 10.7. The van der Waals surface area contributed by atoms with Crippen molar-refractivity contribution in [2.24, 2.45) is 0 Å². The SMILES string of the molecule is CCCCc1ccc(NC(=S)N2CCN(C=O)CC2)c(C)c1. The molecule has 0 unspecified atom stereocenters. The maximum Gasteiger partial charge on any atom is 0.209 e. The van der Waals surface area contributed by atoms with Gasteiger partial charge in [0.05, 0.1) is 0 Å². The van der Waals surface area contributed by atoms with Crippen molar-refractivity contribution in [1.29, 1.82) is 0 Å². The van der Waals surface area contributed by atoms with Crippen molar-refractivity contribution in [2.45, 2.75) is 33.1 Å². The van der Waals surface area contributed by atoms with E-state index in [-0.39, 0.29) is 0 Å². The van der Waals surface area contributed by atoms with Crippen molar-refractivity contribution in [3.05, 3.63) is 29.3 Å². The second kappa shape index (κ2) is 8.13. The third-order valence-corrected chi connectivity index (χ3v) is 4.46. The minimum absolute atomic E-state index is 0.736. The number of hydrogen-bond donors (Lipinski definition) is 1. The van der Waals surface area contributed by atoms with Gasteiger partial charge >= 0.3 is 0 Å². The Bertz CT molecular complexity index is 525. The molecule has 1 amide bonds. The summed E-state index contributed by atoms with van der Waals surface area (Å²) in [5.41, 5.74) is 3.68. The molecule has 0 aromatic heterocycles. The van der Waals surface area contributed by atoms with E-state index in [1.165, 1.54) is 24.0 Å². The maximum atomic E-state index is 10.7. The van der Waals surface area contributed by atoms with Crippen LogP contribution in [-0.2, 0) is 11.2 Å². The molecule has 1 N–H and O–H groups in total. The summed E-state index contributed by atoms with van der Waals surface area (Å²) in [7, 11) is 0. The topological polar surface area (TPSA) is 35.6 Å². The van der Waals surface area contributed by atoms with Crippen molar-refractivity contribution in [3.8, 4) is 0 Å². The van der Waals surface area contributed by atoms with Gasteiger partial charge in [-0.15, -0.1) is 0 Å². The lowest BCUT2D eigenvalue weighted by Crippen LogP contribution is -2.49. The van der Waals surface area contributed by atoms with Gasteiger partial charge in [0.1, 0.15) is 0 Å². The van der Waals surface area contributed by atoms with Gasteiger partial charge in [-0.25, -0.2) is 0 Å². The summed E-state index contributed by atoms with van der Waals surface area (Å²) in [6, 6.07) is 6.54. The van der Waals surface area contributed by atoms with Crippen molar-refractivity contribution in [2.75, 3.05) is 31.5 Å². The zero-order valence-electron chi connectivity index (χ0n) is 13.5. The van der Waals surface area contributed by atoms with E-state index in [0.29, 0.717) is 0 Å². The molecule has 120 valence electrons. The van der Waals surface area contributed by atoms with E-state index in [4.69, 9.17) is 12.2 Å². The van der Waals surface area contributed by atoms with E-state index < -0.39 is 0 Å². The molecular formula is C17H25N3OS. The lowest BCUT2D eigenvalue weighted by atomic mass is 10.0. The Morgan fingerprint density at radius 3 is 2.64 bits per heavy atom. The number of aryl methyl sites for hydroxylation is 2. The highest BCUT2D eigenvalue weighted by molar-refractivity contribution is 7.80. The predicted molar refractivity (Wildman–Crippen MR) is 95.2 cm³/mol. The van der Waals surface area contributed by atoms with Gasteiger partial charge in [0.2, 0.25) is 6.41 Å². The molecule has 1 heterocycles. The van der Waals surface area contributed by atoms with Crippen molar-refractivity contribution < 1.29 is 4.79 Å². The second-order valence-electron chi connectivity index (χ2n) is 5.81. The Kier molecular flexibility index (Phi) is 6.19. The van der Waals surface area contributed by atoms with E-state index >= 15 is 0 Å².